The Bertz CT molecular complexity index is 1160. The van der Waals surface area contributed by atoms with Crippen molar-refractivity contribution in [3.05, 3.63) is 0 Å². The second-order valence-electron chi connectivity index (χ2n) is 13.0. The van der Waals surface area contributed by atoms with Gasteiger partial charge < -0.3 is 33.2 Å². The molecule has 11 nitrogen and oxygen atoms in total. The molecule has 0 aromatic heterocycles. The van der Waals surface area contributed by atoms with E-state index in [9.17, 15) is 14.4 Å². The highest BCUT2D eigenvalue weighted by molar-refractivity contribution is 5.74. The molecule has 41 heavy (non-hydrogen) atoms. The highest BCUT2D eigenvalue weighted by atomic mass is 16.6. The summed E-state index contributed by atoms with van der Waals surface area (Å²) in [4.78, 5) is 43.1. The van der Waals surface area contributed by atoms with Gasteiger partial charge in [0.25, 0.3) is 0 Å². The summed E-state index contributed by atoms with van der Waals surface area (Å²) >= 11 is 0. The zero-order valence-corrected chi connectivity index (χ0v) is 25.1. The third-order valence-electron chi connectivity index (χ3n) is 11.8. The number of nitrogens with zero attached hydrogens (tertiary/aromatic N) is 1. The molecule has 0 aromatic carbocycles. The Morgan fingerprint density at radius 1 is 0.976 bits per heavy atom. The SMILES string of the molecule is CCO[C@]12C[C@H](OC)[C@]3(OC(C)=O)C[C@@](OC)([C@@H]1[C@H]3OC(C)=O)[C@@]13CC[C@@H](OC(C)=O)[C@@]4(COC)C=N[C@@H]1[C@@H]2C[C@H]43. The molecule has 1 heterocycles. The summed E-state index contributed by atoms with van der Waals surface area (Å²) in [6.45, 7) is 6.89. The van der Waals surface area contributed by atoms with Crippen molar-refractivity contribution in [3.63, 3.8) is 0 Å². The van der Waals surface area contributed by atoms with Crippen LogP contribution in [-0.4, -0.2) is 99.8 Å². The zero-order chi connectivity index (χ0) is 29.6. The molecular weight excluding hydrogens is 534 g/mol. The molecule has 1 aliphatic heterocycles. The summed E-state index contributed by atoms with van der Waals surface area (Å²) in [5.74, 6) is -1.83. The number of carbonyl (C=O) groups is 3. The van der Waals surface area contributed by atoms with E-state index in [0.717, 1.165) is 6.42 Å². The third kappa shape index (κ3) is 3.29. The van der Waals surface area contributed by atoms with Crippen molar-refractivity contribution in [2.75, 3.05) is 34.5 Å². The maximum Gasteiger partial charge on any atom is 0.303 e. The van der Waals surface area contributed by atoms with Crippen molar-refractivity contribution < 1.29 is 47.5 Å². The van der Waals surface area contributed by atoms with Crippen LogP contribution in [0.5, 0.6) is 0 Å². The monoisotopic (exact) mass is 577 g/mol. The van der Waals surface area contributed by atoms with Crippen LogP contribution >= 0.6 is 0 Å². The molecule has 0 radical (unpaired) electrons. The second-order valence-corrected chi connectivity index (χ2v) is 13.0. The first-order valence-electron chi connectivity index (χ1n) is 14.8. The summed E-state index contributed by atoms with van der Waals surface area (Å²) in [6, 6.07) is -0.153. The first-order chi connectivity index (χ1) is 19.5. The van der Waals surface area contributed by atoms with E-state index in [-0.39, 0.29) is 30.3 Å². The predicted octanol–water partition coefficient (Wildman–Crippen LogP) is 2.27. The van der Waals surface area contributed by atoms with Gasteiger partial charge in [-0.05, 0) is 32.1 Å². The van der Waals surface area contributed by atoms with Crippen LogP contribution in [-0.2, 0) is 47.5 Å². The van der Waals surface area contributed by atoms with Gasteiger partial charge in [0.1, 0.15) is 12.2 Å². The Labute approximate surface area is 240 Å². The van der Waals surface area contributed by atoms with Gasteiger partial charge in [-0.15, -0.1) is 0 Å². The number of fused-ring (bicyclic) bond motifs is 2. The number of rotatable bonds is 9. The van der Waals surface area contributed by atoms with Crippen LogP contribution in [0.25, 0.3) is 0 Å². The van der Waals surface area contributed by atoms with Gasteiger partial charge in [0.05, 0.1) is 35.2 Å². The molecule has 12 atom stereocenters. The minimum atomic E-state index is -1.28. The first-order valence-corrected chi connectivity index (χ1v) is 14.8. The van der Waals surface area contributed by atoms with Crippen LogP contribution in [0, 0.1) is 28.6 Å². The average molecular weight is 578 g/mol. The lowest BCUT2D eigenvalue weighted by molar-refractivity contribution is -0.301. The smallest absolute Gasteiger partial charge is 0.303 e. The lowest BCUT2D eigenvalue weighted by Gasteiger charge is -2.67. The fourth-order valence-corrected chi connectivity index (χ4v) is 11.2. The quantitative estimate of drug-likeness (QED) is 0.297. The Morgan fingerprint density at radius 2 is 1.71 bits per heavy atom. The van der Waals surface area contributed by atoms with Crippen LogP contribution in [0.3, 0.4) is 0 Å². The minimum absolute atomic E-state index is 0.0319. The molecule has 5 fully saturated rings. The van der Waals surface area contributed by atoms with Gasteiger partial charge in [0.2, 0.25) is 0 Å². The maximum absolute atomic E-state index is 12.7. The number of hydrogen-bond donors (Lipinski definition) is 0. The van der Waals surface area contributed by atoms with E-state index >= 15 is 0 Å². The number of ether oxygens (including phenoxy) is 7. The van der Waals surface area contributed by atoms with Gasteiger partial charge in [-0.3, -0.25) is 19.4 Å². The third-order valence-corrected chi connectivity index (χ3v) is 11.8. The molecule has 5 aliphatic carbocycles. The molecule has 7 bridgehead atoms. The highest BCUT2D eigenvalue weighted by Crippen LogP contribution is 2.81. The van der Waals surface area contributed by atoms with Crippen LogP contribution < -0.4 is 0 Å². The molecule has 0 N–H and O–H groups in total. The van der Waals surface area contributed by atoms with Crippen molar-refractivity contribution in [2.45, 2.75) is 101 Å². The summed E-state index contributed by atoms with van der Waals surface area (Å²) in [5.41, 5.74) is -4.28. The second kappa shape index (κ2) is 9.46. The summed E-state index contributed by atoms with van der Waals surface area (Å²) in [5, 5.41) is 0. The van der Waals surface area contributed by atoms with E-state index in [2.05, 4.69) is 0 Å². The lowest BCUT2D eigenvalue weighted by atomic mass is 9.43. The standard InChI is InChI=1S/C30H43NO10/c1-8-38-28-12-22(36-6)29(41-18(4)34)13-30(37-7,23(28)25(29)40-17(3)33)27-10-9-21(39-16(2)32)26(15-35-5)14-31-24(27)19(28)11-20(26)27/h14,19-25H,8-13,15H2,1-7H3/t19-,20+,21+,22-,23+,24+,25+,26+,27+,28-,29+,30+/m0/s1. The molecule has 11 heteroatoms. The van der Waals surface area contributed by atoms with Gasteiger partial charge in [-0.2, -0.15) is 0 Å². The Balaban J connectivity index is 1.64. The van der Waals surface area contributed by atoms with Crippen molar-refractivity contribution in [2.24, 2.45) is 33.6 Å². The van der Waals surface area contributed by atoms with Crippen molar-refractivity contribution >= 4 is 24.1 Å². The number of aliphatic imine (C=N–C) groups is 1. The van der Waals surface area contributed by atoms with E-state index in [0.29, 0.717) is 32.5 Å². The summed E-state index contributed by atoms with van der Waals surface area (Å²) in [7, 11) is 4.96. The molecule has 0 aromatic rings. The molecule has 0 amide bonds. The number of carbonyl (C=O) groups excluding carboxylic acids is 3. The Hall–Kier alpha value is -2.08. The summed E-state index contributed by atoms with van der Waals surface area (Å²) in [6.07, 6.45) is 2.85. The Kier molecular flexibility index (Phi) is 6.69. The van der Waals surface area contributed by atoms with Crippen molar-refractivity contribution in [1.82, 2.24) is 0 Å². The number of hydrogen-bond acceptors (Lipinski definition) is 11. The number of esters is 3. The molecule has 0 unspecified atom stereocenters. The maximum atomic E-state index is 12.7. The zero-order valence-electron chi connectivity index (χ0n) is 25.1. The van der Waals surface area contributed by atoms with Crippen molar-refractivity contribution in [3.8, 4) is 0 Å². The Morgan fingerprint density at radius 3 is 2.29 bits per heavy atom. The molecule has 0 saturated heterocycles. The van der Waals surface area contributed by atoms with E-state index in [1.165, 1.54) is 20.8 Å². The molecule has 5 saturated carbocycles. The van der Waals surface area contributed by atoms with Crippen LogP contribution in [0.1, 0.15) is 59.8 Å². The molecule has 6 aliphatic rings. The van der Waals surface area contributed by atoms with E-state index < -0.39 is 63.8 Å². The lowest BCUT2D eigenvalue weighted by Crippen LogP contribution is -2.77. The topological polar surface area (TPSA) is 128 Å². The molecular formula is C30H43NO10. The van der Waals surface area contributed by atoms with Crippen LogP contribution in [0.2, 0.25) is 0 Å². The van der Waals surface area contributed by atoms with E-state index in [1.807, 2.05) is 13.1 Å². The summed E-state index contributed by atoms with van der Waals surface area (Å²) < 4.78 is 44.1. The molecule has 6 rings (SSSR count). The number of methoxy groups -OCH3 is 3. The largest absolute Gasteiger partial charge is 0.461 e. The van der Waals surface area contributed by atoms with Crippen LogP contribution in [0.15, 0.2) is 4.99 Å². The van der Waals surface area contributed by atoms with Crippen molar-refractivity contribution in [1.29, 1.82) is 0 Å². The van der Waals surface area contributed by atoms with Gasteiger partial charge in [-0.1, -0.05) is 0 Å². The van der Waals surface area contributed by atoms with E-state index in [1.54, 1.807) is 21.3 Å². The first kappa shape index (κ1) is 29.0. The van der Waals surface area contributed by atoms with E-state index in [4.69, 9.17) is 38.2 Å². The minimum Gasteiger partial charge on any atom is -0.461 e. The molecule has 1 spiro atoms. The molecule has 228 valence electrons. The van der Waals surface area contributed by atoms with Crippen LogP contribution in [0.4, 0.5) is 0 Å². The fraction of sp³-hybridized carbons (Fsp3) is 0.867. The highest BCUT2D eigenvalue weighted by Gasteiger charge is 2.91. The normalized spacial score (nSPS) is 49.9. The van der Waals surface area contributed by atoms with Gasteiger partial charge in [0.15, 0.2) is 11.7 Å². The average Bonchev–Trinajstić information content (AvgIpc) is 3.25. The predicted molar refractivity (Wildman–Crippen MR) is 143 cm³/mol. The van der Waals surface area contributed by atoms with Gasteiger partial charge in [-0.25, -0.2) is 0 Å². The van der Waals surface area contributed by atoms with Gasteiger partial charge in [0, 0.05) is 79.1 Å². The van der Waals surface area contributed by atoms with Gasteiger partial charge >= 0.3 is 17.9 Å². The fourth-order valence-electron chi connectivity index (χ4n) is 11.2.